The molecule has 0 atom stereocenters. The molecule has 1 N–H and O–H groups in total. The molecule has 186 valence electrons. The Morgan fingerprint density at radius 1 is 0.943 bits per heavy atom. The number of hydrogen-bond acceptors (Lipinski definition) is 6. The van der Waals surface area contributed by atoms with Gasteiger partial charge in [0.15, 0.2) is 0 Å². The van der Waals surface area contributed by atoms with Crippen molar-refractivity contribution in [2.45, 2.75) is 65.6 Å². The highest BCUT2D eigenvalue weighted by atomic mass is 16.6. The van der Waals surface area contributed by atoms with Crippen molar-refractivity contribution in [3.8, 4) is 0 Å². The van der Waals surface area contributed by atoms with Crippen LogP contribution in [0.3, 0.4) is 0 Å². The summed E-state index contributed by atoms with van der Waals surface area (Å²) in [5, 5.41) is 2.57. The van der Waals surface area contributed by atoms with Gasteiger partial charge >= 0.3 is 12.1 Å². The van der Waals surface area contributed by atoms with Gasteiger partial charge in [0, 0.05) is 13.1 Å². The van der Waals surface area contributed by atoms with E-state index in [0.717, 1.165) is 11.1 Å². The second-order valence-corrected chi connectivity index (χ2v) is 9.99. The van der Waals surface area contributed by atoms with Crippen LogP contribution in [0.1, 0.15) is 68.6 Å². The lowest BCUT2D eigenvalue weighted by atomic mass is 9.83. The number of benzene rings is 2. The largest absolute Gasteiger partial charge is 0.465 e. The summed E-state index contributed by atoms with van der Waals surface area (Å²) in [5.74, 6) is -1.95. The minimum Gasteiger partial charge on any atom is -0.465 e. The number of anilines is 1. The van der Waals surface area contributed by atoms with Crippen LogP contribution in [0, 0.1) is 0 Å². The third-order valence-electron chi connectivity index (χ3n) is 5.73. The predicted octanol–water partition coefficient (Wildman–Crippen LogP) is 4.60. The summed E-state index contributed by atoms with van der Waals surface area (Å²) in [4.78, 5) is 53.1. The number of esters is 1. The molecule has 1 aliphatic rings. The number of carbonyl (C=O) groups is 4. The summed E-state index contributed by atoms with van der Waals surface area (Å²) in [7, 11) is 0. The van der Waals surface area contributed by atoms with Crippen molar-refractivity contribution in [1.29, 1.82) is 0 Å². The van der Waals surface area contributed by atoms with Gasteiger partial charge in [0.1, 0.15) is 5.60 Å². The first-order valence-electron chi connectivity index (χ1n) is 11.6. The molecule has 0 fully saturated rings. The molecule has 2 aromatic rings. The Kier molecular flexibility index (Phi) is 7.33. The average molecular weight is 481 g/mol. The van der Waals surface area contributed by atoms with Crippen molar-refractivity contribution in [3.63, 3.8) is 0 Å². The van der Waals surface area contributed by atoms with E-state index in [2.05, 4.69) is 5.32 Å². The molecule has 0 spiro atoms. The molecule has 0 bridgehead atoms. The number of carbonyl (C=O) groups excluding carboxylic acids is 4. The van der Waals surface area contributed by atoms with E-state index in [4.69, 9.17) is 9.47 Å². The minimum absolute atomic E-state index is 0.0216. The number of ether oxygens (including phenoxy) is 2. The van der Waals surface area contributed by atoms with Crippen LogP contribution in [0.4, 0.5) is 10.5 Å². The van der Waals surface area contributed by atoms with Gasteiger partial charge in [0.05, 0.1) is 23.3 Å². The summed E-state index contributed by atoms with van der Waals surface area (Å²) < 4.78 is 10.5. The second-order valence-electron chi connectivity index (χ2n) is 9.99. The highest BCUT2D eigenvalue weighted by Crippen LogP contribution is 2.31. The Bertz CT molecular complexity index is 1140. The summed E-state index contributed by atoms with van der Waals surface area (Å²) >= 11 is 0. The molecule has 0 aromatic heterocycles. The molecule has 8 nitrogen and oxygen atoms in total. The Balaban J connectivity index is 1.96. The van der Waals surface area contributed by atoms with E-state index in [1.807, 2.05) is 24.3 Å². The molecule has 0 saturated heterocycles. The zero-order valence-electron chi connectivity index (χ0n) is 21.1. The average Bonchev–Trinajstić information content (AvgIpc) is 3.21. The molecule has 2 aromatic carbocycles. The number of rotatable bonds is 6. The van der Waals surface area contributed by atoms with Crippen LogP contribution in [-0.4, -0.2) is 40.9 Å². The first kappa shape index (κ1) is 25.9. The maximum Gasteiger partial charge on any atom is 0.412 e. The minimum atomic E-state index is -1.08. The van der Waals surface area contributed by atoms with E-state index in [-0.39, 0.29) is 17.9 Å². The fraction of sp³-hybridized carbons (Fsp3) is 0.407. The van der Waals surface area contributed by atoms with Gasteiger partial charge in [0.25, 0.3) is 11.7 Å². The molecular weight excluding hydrogens is 448 g/mol. The number of fused-ring (bicyclic) bond motifs is 1. The SMILES string of the molecule is CCOC(=O)C(C)(C)c1ccc(NC(=O)OC(C)(C)C)c(C(=O)C(=O)N2Cc3ccccc3C2)c1. The van der Waals surface area contributed by atoms with E-state index in [0.29, 0.717) is 18.7 Å². The molecular formula is C27H32N2O6. The Morgan fingerprint density at radius 3 is 2.09 bits per heavy atom. The van der Waals surface area contributed by atoms with Gasteiger partial charge in [-0.15, -0.1) is 0 Å². The van der Waals surface area contributed by atoms with Crippen LogP contribution in [0.5, 0.6) is 0 Å². The monoisotopic (exact) mass is 480 g/mol. The van der Waals surface area contributed by atoms with Gasteiger partial charge < -0.3 is 14.4 Å². The van der Waals surface area contributed by atoms with Gasteiger partial charge in [-0.1, -0.05) is 30.3 Å². The Labute approximate surface area is 205 Å². The number of nitrogens with one attached hydrogen (secondary N) is 1. The van der Waals surface area contributed by atoms with Crippen LogP contribution in [0.25, 0.3) is 0 Å². The predicted molar refractivity (Wildman–Crippen MR) is 131 cm³/mol. The van der Waals surface area contributed by atoms with E-state index < -0.39 is 34.8 Å². The van der Waals surface area contributed by atoms with Crippen molar-refractivity contribution in [1.82, 2.24) is 4.90 Å². The third-order valence-corrected chi connectivity index (χ3v) is 5.73. The lowest BCUT2D eigenvalue weighted by molar-refractivity contribution is -0.148. The van der Waals surface area contributed by atoms with Crippen molar-refractivity contribution >= 4 is 29.4 Å². The van der Waals surface area contributed by atoms with Gasteiger partial charge in [0.2, 0.25) is 0 Å². The number of amides is 2. The summed E-state index contributed by atoms with van der Waals surface area (Å²) in [6.45, 7) is 11.1. The highest BCUT2D eigenvalue weighted by molar-refractivity contribution is 6.44. The zero-order valence-corrected chi connectivity index (χ0v) is 21.1. The number of hydrogen-bond donors (Lipinski definition) is 1. The first-order chi connectivity index (χ1) is 16.3. The molecule has 2 amide bonds. The standard InChI is InChI=1S/C27H32N2O6/c1-7-34-24(32)27(5,6)19-12-13-21(28-25(33)35-26(2,3)4)20(14-19)22(30)23(31)29-15-17-10-8-9-11-18(17)16-29/h8-14H,7,15-16H2,1-6H3,(H,28,33). The van der Waals surface area contributed by atoms with Crippen LogP contribution >= 0.6 is 0 Å². The fourth-order valence-electron chi connectivity index (χ4n) is 3.81. The fourth-order valence-corrected chi connectivity index (χ4v) is 3.81. The number of ketones is 1. The van der Waals surface area contributed by atoms with Crippen LogP contribution in [0.15, 0.2) is 42.5 Å². The number of nitrogens with zero attached hydrogens (tertiary/aromatic N) is 1. The van der Waals surface area contributed by atoms with Crippen LogP contribution in [0.2, 0.25) is 0 Å². The highest BCUT2D eigenvalue weighted by Gasteiger charge is 2.35. The molecule has 35 heavy (non-hydrogen) atoms. The molecule has 0 unspecified atom stereocenters. The van der Waals surface area contributed by atoms with Crippen molar-refractivity contribution in [2.24, 2.45) is 0 Å². The van der Waals surface area contributed by atoms with Gasteiger partial charge in [-0.25, -0.2) is 4.79 Å². The molecule has 0 saturated carbocycles. The summed E-state index contributed by atoms with van der Waals surface area (Å²) in [6, 6.07) is 12.2. The van der Waals surface area contributed by atoms with Gasteiger partial charge in [-0.2, -0.15) is 0 Å². The second kappa shape index (κ2) is 9.90. The van der Waals surface area contributed by atoms with E-state index in [1.54, 1.807) is 47.6 Å². The van der Waals surface area contributed by atoms with Crippen molar-refractivity contribution in [3.05, 3.63) is 64.7 Å². The summed E-state index contributed by atoms with van der Waals surface area (Å²) in [6.07, 6.45) is -0.759. The summed E-state index contributed by atoms with van der Waals surface area (Å²) in [5.41, 5.74) is 0.714. The van der Waals surface area contributed by atoms with Crippen molar-refractivity contribution < 1.29 is 28.7 Å². The van der Waals surface area contributed by atoms with E-state index in [9.17, 15) is 19.2 Å². The molecule has 3 rings (SSSR count). The molecule has 1 aliphatic heterocycles. The quantitative estimate of drug-likeness (QED) is 0.368. The molecule has 8 heteroatoms. The normalized spacial score (nSPS) is 13.1. The molecule has 0 aliphatic carbocycles. The smallest absolute Gasteiger partial charge is 0.412 e. The molecule has 0 radical (unpaired) electrons. The van der Waals surface area contributed by atoms with Gasteiger partial charge in [-0.3, -0.25) is 19.7 Å². The maximum absolute atomic E-state index is 13.4. The van der Waals surface area contributed by atoms with Crippen molar-refractivity contribution in [2.75, 3.05) is 11.9 Å². The van der Waals surface area contributed by atoms with E-state index >= 15 is 0 Å². The van der Waals surface area contributed by atoms with Crippen LogP contribution in [-0.2, 0) is 37.6 Å². The number of Topliss-reactive ketones (excluding diaryl/α,β-unsaturated/α-hetero) is 1. The van der Waals surface area contributed by atoms with E-state index in [1.165, 1.54) is 17.0 Å². The lowest BCUT2D eigenvalue weighted by Gasteiger charge is -2.25. The molecule has 1 heterocycles. The Morgan fingerprint density at radius 2 is 1.54 bits per heavy atom. The maximum atomic E-state index is 13.4. The lowest BCUT2D eigenvalue weighted by Crippen LogP contribution is -2.35. The third kappa shape index (κ3) is 5.88. The first-order valence-corrected chi connectivity index (χ1v) is 11.6. The van der Waals surface area contributed by atoms with Gasteiger partial charge in [-0.05, 0) is 70.4 Å². The topological polar surface area (TPSA) is 102 Å². The Hall–Kier alpha value is -3.68. The zero-order chi connectivity index (χ0) is 26.0. The van der Waals surface area contributed by atoms with Crippen LogP contribution < -0.4 is 5.32 Å².